The fourth-order valence-corrected chi connectivity index (χ4v) is 3.84. The highest BCUT2D eigenvalue weighted by Crippen LogP contribution is 2.45. The Hall–Kier alpha value is -1.09. The maximum atomic E-state index is 12.1. The molecule has 0 spiro atoms. The maximum Gasteiger partial charge on any atom is 0.327 e. The van der Waals surface area contributed by atoms with E-state index in [1.807, 2.05) is 0 Å². The highest BCUT2D eigenvalue weighted by Gasteiger charge is 2.47. The third-order valence-electron chi connectivity index (χ3n) is 3.35. The number of amides is 2. The summed E-state index contributed by atoms with van der Waals surface area (Å²) in [5.74, 6) is -0.277. The summed E-state index contributed by atoms with van der Waals surface area (Å²) in [6.45, 7) is -0.614. The van der Waals surface area contributed by atoms with E-state index in [2.05, 4.69) is 10.1 Å². The Morgan fingerprint density at radius 3 is 2.71 bits per heavy atom. The predicted molar refractivity (Wildman–Crippen MR) is 72.5 cm³/mol. The number of urea groups is 1. The van der Waals surface area contributed by atoms with Crippen molar-refractivity contribution in [2.75, 3.05) is 25.5 Å². The fourth-order valence-electron chi connectivity index (χ4n) is 2.21. The molecule has 2 amide bonds. The molecule has 2 aliphatic rings. The molecule has 1 aliphatic carbocycles. The van der Waals surface area contributed by atoms with Gasteiger partial charge in [-0.25, -0.2) is 18.4 Å². The summed E-state index contributed by atoms with van der Waals surface area (Å²) in [7, 11) is 0. The molecule has 120 valence electrons. The van der Waals surface area contributed by atoms with Gasteiger partial charge in [0.15, 0.2) is 0 Å². The van der Waals surface area contributed by atoms with E-state index in [4.69, 9.17) is 0 Å². The van der Waals surface area contributed by atoms with Crippen molar-refractivity contribution < 1.29 is 28.2 Å². The number of nitrogens with one attached hydrogen (secondary N) is 1. The Labute approximate surface area is 125 Å². The van der Waals surface area contributed by atoms with Crippen LogP contribution in [-0.4, -0.2) is 65.4 Å². The summed E-state index contributed by atoms with van der Waals surface area (Å²) < 4.78 is 28.4. The molecule has 2 rings (SSSR count). The van der Waals surface area contributed by atoms with Crippen LogP contribution < -0.4 is 5.32 Å². The third kappa shape index (κ3) is 4.44. The summed E-state index contributed by atoms with van der Waals surface area (Å²) in [5, 5.41) is 11.6. The van der Waals surface area contributed by atoms with Gasteiger partial charge in [0, 0.05) is 12.3 Å². The van der Waals surface area contributed by atoms with Crippen LogP contribution in [0.4, 0.5) is 13.6 Å². The van der Waals surface area contributed by atoms with Crippen molar-refractivity contribution in [2.24, 2.45) is 5.92 Å². The number of thioether (sulfide) groups is 1. The van der Waals surface area contributed by atoms with Gasteiger partial charge in [0.25, 0.3) is 6.43 Å². The van der Waals surface area contributed by atoms with Crippen LogP contribution in [0.15, 0.2) is 0 Å². The highest BCUT2D eigenvalue weighted by atomic mass is 32.2. The lowest BCUT2D eigenvalue weighted by molar-refractivity contribution is -0.141. The van der Waals surface area contributed by atoms with Crippen molar-refractivity contribution in [3.8, 4) is 0 Å². The highest BCUT2D eigenvalue weighted by molar-refractivity contribution is 8.00. The molecule has 6 nitrogen and oxygen atoms in total. The van der Waals surface area contributed by atoms with Crippen LogP contribution in [0.2, 0.25) is 0 Å². The minimum absolute atomic E-state index is 0.0249. The first-order valence-corrected chi connectivity index (χ1v) is 7.82. The van der Waals surface area contributed by atoms with E-state index < -0.39 is 31.1 Å². The number of nitrogens with zero attached hydrogens (tertiary/aromatic N) is 1. The lowest BCUT2D eigenvalue weighted by Gasteiger charge is -2.27. The van der Waals surface area contributed by atoms with E-state index in [9.17, 15) is 23.5 Å². The molecule has 2 fully saturated rings. The van der Waals surface area contributed by atoms with E-state index >= 15 is 0 Å². The van der Waals surface area contributed by atoms with E-state index in [1.54, 1.807) is 0 Å². The topological polar surface area (TPSA) is 78.9 Å². The predicted octanol–water partition coefficient (Wildman–Crippen LogP) is 1.22. The Kier molecular flexibility index (Phi) is 5.63. The van der Waals surface area contributed by atoms with E-state index in [-0.39, 0.29) is 18.5 Å². The number of carbonyl (C=O) groups excluding carboxylic acids is 1. The van der Waals surface area contributed by atoms with Gasteiger partial charge in [0.1, 0.15) is 12.6 Å². The van der Waals surface area contributed by atoms with Crippen LogP contribution >= 0.6 is 11.8 Å². The van der Waals surface area contributed by atoms with Gasteiger partial charge in [-0.3, -0.25) is 4.90 Å². The number of hydrogen-bond acceptors (Lipinski definition) is 4. The molecular formula is C12H18F2N2O4S. The molecule has 1 aliphatic heterocycles. The van der Waals surface area contributed by atoms with Crippen molar-refractivity contribution >= 4 is 23.8 Å². The van der Waals surface area contributed by atoms with Crippen molar-refractivity contribution in [3.63, 3.8) is 0 Å². The minimum atomic E-state index is -2.54. The molecule has 2 atom stereocenters. The monoisotopic (exact) mass is 324 g/mol. The zero-order valence-corrected chi connectivity index (χ0v) is 12.2. The Balaban J connectivity index is 1.81. The molecule has 0 bridgehead atoms. The number of aliphatic carboxylic acids is 1. The Bertz CT molecular complexity index is 395. The first kappa shape index (κ1) is 16.3. The van der Waals surface area contributed by atoms with Gasteiger partial charge in [-0.2, -0.15) is 0 Å². The van der Waals surface area contributed by atoms with Crippen LogP contribution in [0.1, 0.15) is 12.8 Å². The molecule has 0 radical (unpaired) electrons. The molecule has 1 saturated carbocycles. The summed E-state index contributed by atoms with van der Waals surface area (Å²) in [5.41, 5.74) is 0. The number of rotatable bonds is 7. The molecular weight excluding hydrogens is 306 g/mol. The van der Waals surface area contributed by atoms with Crippen molar-refractivity contribution in [3.05, 3.63) is 0 Å². The second-order valence-electron chi connectivity index (χ2n) is 5.02. The van der Waals surface area contributed by atoms with Crippen LogP contribution in [0.5, 0.6) is 0 Å². The first-order chi connectivity index (χ1) is 10.0. The van der Waals surface area contributed by atoms with Gasteiger partial charge in [0.05, 0.1) is 12.0 Å². The van der Waals surface area contributed by atoms with Crippen LogP contribution in [0, 0.1) is 5.92 Å². The lowest BCUT2D eigenvalue weighted by Crippen LogP contribution is -2.51. The Morgan fingerprint density at radius 1 is 1.43 bits per heavy atom. The van der Waals surface area contributed by atoms with E-state index in [1.165, 1.54) is 16.7 Å². The molecule has 1 saturated heterocycles. The van der Waals surface area contributed by atoms with E-state index in [0.717, 1.165) is 12.8 Å². The second kappa shape index (κ2) is 7.26. The number of carbonyl (C=O) groups is 2. The lowest BCUT2D eigenvalue weighted by atomic mass is 10.2. The second-order valence-corrected chi connectivity index (χ2v) is 6.17. The number of hydrogen-bond donors (Lipinski definition) is 2. The molecule has 9 heteroatoms. The zero-order chi connectivity index (χ0) is 15.4. The molecule has 2 N–H and O–H groups in total. The fraction of sp³-hybridized carbons (Fsp3) is 0.833. The molecule has 2 unspecified atom stereocenters. The number of halogens is 2. The molecule has 21 heavy (non-hydrogen) atoms. The standard InChI is InChI=1S/C12H18F2N2O4S/c13-9(14)5-20-4-3-15-12(19)16-8(11(17)18)6-21-10(16)7-1-2-7/h7-10H,1-6H2,(H,15,19)(H,17,18). The largest absolute Gasteiger partial charge is 0.480 e. The molecule has 1 heterocycles. The van der Waals surface area contributed by atoms with Gasteiger partial charge in [-0.15, -0.1) is 11.8 Å². The Morgan fingerprint density at radius 2 is 2.14 bits per heavy atom. The number of carboxylic acids is 1. The first-order valence-electron chi connectivity index (χ1n) is 6.77. The van der Waals surface area contributed by atoms with Gasteiger partial charge in [0.2, 0.25) is 0 Å². The summed E-state index contributed by atoms with van der Waals surface area (Å²) >= 11 is 1.49. The number of alkyl halides is 2. The average molecular weight is 324 g/mol. The maximum absolute atomic E-state index is 12.1. The minimum Gasteiger partial charge on any atom is -0.480 e. The number of ether oxygens (including phenoxy) is 1. The molecule has 0 aromatic rings. The van der Waals surface area contributed by atoms with Crippen molar-refractivity contribution in [1.29, 1.82) is 0 Å². The average Bonchev–Trinajstić information content (AvgIpc) is 3.15. The zero-order valence-electron chi connectivity index (χ0n) is 11.3. The molecule has 0 aromatic heterocycles. The third-order valence-corrected chi connectivity index (χ3v) is 4.81. The number of carboxylic acid groups (broad SMARTS) is 1. The van der Waals surface area contributed by atoms with Crippen molar-refractivity contribution in [2.45, 2.75) is 30.7 Å². The van der Waals surface area contributed by atoms with Gasteiger partial charge in [-0.1, -0.05) is 0 Å². The molecule has 0 aromatic carbocycles. The quantitative estimate of drug-likeness (QED) is 0.688. The van der Waals surface area contributed by atoms with Crippen LogP contribution in [0.3, 0.4) is 0 Å². The van der Waals surface area contributed by atoms with Gasteiger partial charge in [-0.05, 0) is 18.8 Å². The summed E-state index contributed by atoms with van der Waals surface area (Å²) in [4.78, 5) is 24.7. The van der Waals surface area contributed by atoms with Gasteiger partial charge >= 0.3 is 12.0 Å². The van der Waals surface area contributed by atoms with Crippen molar-refractivity contribution in [1.82, 2.24) is 10.2 Å². The van der Waals surface area contributed by atoms with Gasteiger partial charge < -0.3 is 15.2 Å². The summed E-state index contributed by atoms with van der Waals surface area (Å²) in [6.07, 6.45) is -0.525. The van der Waals surface area contributed by atoms with E-state index in [0.29, 0.717) is 11.7 Å². The normalized spacial score (nSPS) is 25.4. The smallest absolute Gasteiger partial charge is 0.327 e. The van der Waals surface area contributed by atoms with Crippen LogP contribution in [-0.2, 0) is 9.53 Å². The van der Waals surface area contributed by atoms with Crippen LogP contribution in [0.25, 0.3) is 0 Å². The SMILES string of the molecule is O=C(O)C1CSC(C2CC2)N1C(=O)NCCOCC(F)F. The summed E-state index contributed by atoms with van der Waals surface area (Å²) in [6, 6.07) is -1.30.